The molecule has 22 heavy (non-hydrogen) atoms. The summed E-state index contributed by atoms with van der Waals surface area (Å²) >= 11 is 6.12. The zero-order valence-electron chi connectivity index (χ0n) is 11.7. The molecular formula is C17H12ClN3O. The van der Waals surface area contributed by atoms with Crippen molar-refractivity contribution in [1.82, 2.24) is 0 Å². The van der Waals surface area contributed by atoms with E-state index in [-0.39, 0.29) is 19.0 Å². The summed E-state index contributed by atoms with van der Waals surface area (Å²) in [6, 6.07) is 16.9. The van der Waals surface area contributed by atoms with E-state index in [0.29, 0.717) is 16.4 Å². The molecule has 2 aromatic rings. The van der Waals surface area contributed by atoms with Gasteiger partial charge in [0.2, 0.25) is 5.91 Å². The van der Waals surface area contributed by atoms with Crippen molar-refractivity contribution in [2.45, 2.75) is 0 Å². The lowest BCUT2D eigenvalue weighted by molar-refractivity contribution is -0.117. The first kappa shape index (κ1) is 14.3. The van der Waals surface area contributed by atoms with Crippen LogP contribution in [0.25, 0.3) is 0 Å². The van der Waals surface area contributed by atoms with Gasteiger partial charge < -0.3 is 0 Å². The normalized spacial score (nSPS) is 13.9. The largest absolute Gasteiger partial charge is 0.296 e. The van der Waals surface area contributed by atoms with Gasteiger partial charge in [0, 0.05) is 16.1 Å². The number of anilines is 1. The molecule has 0 bridgehead atoms. The number of benzodiazepines with no additional fused rings is 1. The summed E-state index contributed by atoms with van der Waals surface area (Å²) in [5.74, 6) is -0.198. The fourth-order valence-corrected chi connectivity index (χ4v) is 2.64. The maximum atomic E-state index is 12.3. The van der Waals surface area contributed by atoms with Crippen LogP contribution in [-0.2, 0) is 4.79 Å². The van der Waals surface area contributed by atoms with Gasteiger partial charge in [-0.1, -0.05) is 41.9 Å². The lowest BCUT2D eigenvalue weighted by Crippen LogP contribution is -2.32. The molecule has 1 heterocycles. The van der Waals surface area contributed by atoms with Gasteiger partial charge in [-0.25, -0.2) is 0 Å². The number of fused-ring (bicyclic) bond motifs is 1. The lowest BCUT2D eigenvalue weighted by atomic mass is 10.0. The van der Waals surface area contributed by atoms with Crippen molar-refractivity contribution in [1.29, 1.82) is 5.26 Å². The van der Waals surface area contributed by atoms with Crippen molar-refractivity contribution in [3.05, 3.63) is 64.7 Å². The lowest BCUT2D eigenvalue weighted by Gasteiger charge is -2.20. The summed E-state index contributed by atoms with van der Waals surface area (Å²) in [6.07, 6.45) is 0. The highest BCUT2D eigenvalue weighted by Gasteiger charge is 2.25. The highest BCUT2D eigenvalue weighted by Crippen LogP contribution is 2.29. The van der Waals surface area contributed by atoms with E-state index in [1.807, 2.05) is 36.4 Å². The molecule has 0 spiro atoms. The molecule has 0 unspecified atom stereocenters. The Hall–Kier alpha value is -2.64. The van der Waals surface area contributed by atoms with Gasteiger partial charge in [-0.05, 0) is 18.2 Å². The summed E-state index contributed by atoms with van der Waals surface area (Å²) in [6.45, 7) is 0.00324. The fraction of sp³-hybridized carbons (Fsp3) is 0.118. The second kappa shape index (κ2) is 6.00. The summed E-state index contributed by atoms with van der Waals surface area (Å²) < 4.78 is 0. The number of halogens is 1. The van der Waals surface area contributed by atoms with Crippen molar-refractivity contribution < 1.29 is 4.79 Å². The molecule has 0 saturated heterocycles. The average molecular weight is 310 g/mol. The van der Waals surface area contributed by atoms with Crippen LogP contribution in [0.5, 0.6) is 0 Å². The monoisotopic (exact) mass is 309 g/mol. The molecule has 0 saturated carbocycles. The standard InChI is InChI=1S/C17H12ClN3O/c18-13-6-7-15-14(10-13)17(12-4-2-1-3-5-12)20-11-16(22)21(15)9-8-19/h1-7,10H,9,11H2. The molecule has 108 valence electrons. The molecule has 0 N–H and O–H groups in total. The Morgan fingerprint density at radius 2 is 2.00 bits per heavy atom. The van der Waals surface area contributed by atoms with Crippen LogP contribution in [0.3, 0.4) is 0 Å². The Balaban J connectivity index is 2.21. The molecule has 5 heteroatoms. The number of amides is 1. The van der Waals surface area contributed by atoms with Crippen molar-refractivity contribution >= 4 is 28.9 Å². The van der Waals surface area contributed by atoms with Crippen LogP contribution in [0.4, 0.5) is 5.69 Å². The van der Waals surface area contributed by atoms with Gasteiger partial charge in [0.05, 0.1) is 17.5 Å². The van der Waals surface area contributed by atoms with E-state index in [4.69, 9.17) is 16.9 Å². The Bertz CT molecular complexity index is 793. The van der Waals surface area contributed by atoms with Gasteiger partial charge in [0.1, 0.15) is 13.1 Å². The zero-order valence-corrected chi connectivity index (χ0v) is 12.4. The first-order valence-electron chi connectivity index (χ1n) is 6.78. The SMILES string of the molecule is N#CCN1C(=O)CN=C(c2ccccc2)c2cc(Cl)ccc21. The second-order valence-electron chi connectivity index (χ2n) is 4.83. The van der Waals surface area contributed by atoms with Crippen LogP contribution in [0.2, 0.25) is 5.02 Å². The van der Waals surface area contributed by atoms with E-state index in [0.717, 1.165) is 11.1 Å². The Kier molecular flexibility index (Phi) is 3.90. The molecule has 1 aliphatic rings. The average Bonchev–Trinajstić information content (AvgIpc) is 2.66. The summed E-state index contributed by atoms with van der Waals surface area (Å²) in [5, 5.41) is 9.55. The van der Waals surface area contributed by atoms with Crippen LogP contribution >= 0.6 is 11.6 Å². The highest BCUT2D eigenvalue weighted by atomic mass is 35.5. The number of aliphatic imine (C=N–C) groups is 1. The minimum atomic E-state index is -0.198. The van der Waals surface area contributed by atoms with Crippen LogP contribution in [0.1, 0.15) is 11.1 Å². The molecular weight excluding hydrogens is 298 g/mol. The Morgan fingerprint density at radius 1 is 1.23 bits per heavy atom. The third-order valence-electron chi connectivity index (χ3n) is 3.45. The molecule has 1 amide bonds. The van der Waals surface area contributed by atoms with Gasteiger partial charge in [0.15, 0.2) is 0 Å². The van der Waals surface area contributed by atoms with E-state index in [9.17, 15) is 4.79 Å². The fourth-order valence-electron chi connectivity index (χ4n) is 2.47. The van der Waals surface area contributed by atoms with E-state index in [2.05, 4.69) is 4.99 Å². The molecule has 2 aromatic carbocycles. The third kappa shape index (κ3) is 2.59. The highest BCUT2D eigenvalue weighted by molar-refractivity contribution is 6.32. The van der Waals surface area contributed by atoms with Crippen molar-refractivity contribution in [2.75, 3.05) is 18.0 Å². The first-order chi connectivity index (χ1) is 10.7. The molecule has 0 radical (unpaired) electrons. The zero-order chi connectivity index (χ0) is 15.5. The Labute approximate surface area is 133 Å². The van der Waals surface area contributed by atoms with Gasteiger partial charge in [-0.15, -0.1) is 0 Å². The number of nitrogens with zero attached hydrogens (tertiary/aromatic N) is 3. The summed E-state index contributed by atoms with van der Waals surface area (Å²) in [7, 11) is 0. The number of rotatable bonds is 2. The van der Waals surface area contributed by atoms with Crippen molar-refractivity contribution in [2.24, 2.45) is 4.99 Å². The van der Waals surface area contributed by atoms with Crippen molar-refractivity contribution in [3.63, 3.8) is 0 Å². The predicted octanol–water partition coefficient (Wildman–Crippen LogP) is 3.05. The smallest absolute Gasteiger partial charge is 0.249 e. The molecule has 3 rings (SSSR count). The van der Waals surface area contributed by atoms with Crippen LogP contribution in [-0.4, -0.2) is 24.7 Å². The molecule has 4 nitrogen and oxygen atoms in total. The quantitative estimate of drug-likeness (QED) is 0.801. The maximum Gasteiger partial charge on any atom is 0.249 e. The number of benzene rings is 2. The summed E-state index contributed by atoms with van der Waals surface area (Å²) in [5.41, 5.74) is 3.06. The van der Waals surface area contributed by atoms with Crippen LogP contribution < -0.4 is 4.90 Å². The van der Waals surface area contributed by atoms with E-state index < -0.39 is 0 Å². The van der Waals surface area contributed by atoms with E-state index >= 15 is 0 Å². The molecule has 0 aromatic heterocycles. The molecule has 0 atom stereocenters. The van der Waals surface area contributed by atoms with Gasteiger partial charge in [0.25, 0.3) is 0 Å². The van der Waals surface area contributed by atoms with Gasteiger partial charge >= 0.3 is 0 Å². The molecule has 0 fully saturated rings. The Morgan fingerprint density at radius 3 is 2.73 bits per heavy atom. The predicted molar refractivity (Wildman–Crippen MR) is 86.4 cm³/mol. The second-order valence-corrected chi connectivity index (χ2v) is 5.27. The minimum absolute atomic E-state index is 0.00887. The first-order valence-corrected chi connectivity index (χ1v) is 7.15. The minimum Gasteiger partial charge on any atom is -0.296 e. The maximum absolute atomic E-state index is 12.3. The topological polar surface area (TPSA) is 56.5 Å². The number of carbonyl (C=O) groups is 1. The summed E-state index contributed by atoms with van der Waals surface area (Å²) in [4.78, 5) is 18.2. The van der Waals surface area contributed by atoms with Gasteiger partial charge in [-0.2, -0.15) is 5.26 Å². The molecule has 1 aliphatic heterocycles. The molecule has 0 aliphatic carbocycles. The van der Waals surface area contributed by atoms with Crippen LogP contribution in [0.15, 0.2) is 53.5 Å². The van der Waals surface area contributed by atoms with Gasteiger partial charge in [-0.3, -0.25) is 14.7 Å². The van der Waals surface area contributed by atoms with Crippen LogP contribution in [0, 0.1) is 11.3 Å². The third-order valence-corrected chi connectivity index (χ3v) is 3.69. The number of nitriles is 1. The van der Waals surface area contributed by atoms with E-state index in [1.54, 1.807) is 18.2 Å². The van der Waals surface area contributed by atoms with Crippen molar-refractivity contribution in [3.8, 4) is 6.07 Å². The number of hydrogen-bond donors (Lipinski definition) is 0. The number of carbonyl (C=O) groups excluding carboxylic acids is 1. The number of hydrogen-bond acceptors (Lipinski definition) is 3. The van der Waals surface area contributed by atoms with E-state index in [1.165, 1.54) is 4.90 Å².